The van der Waals surface area contributed by atoms with Gasteiger partial charge in [-0.25, -0.2) is 12.7 Å². The number of hydrogen-bond acceptors (Lipinski definition) is 4. The largest absolute Gasteiger partial charge is 0.355 e. The molecule has 0 aromatic rings. The molecule has 0 aromatic carbocycles. The van der Waals surface area contributed by atoms with Crippen molar-refractivity contribution >= 4 is 15.9 Å². The Kier molecular flexibility index (Phi) is 9.00. The average molecular weight is 307 g/mol. The fourth-order valence-electron chi connectivity index (χ4n) is 1.58. The minimum Gasteiger partial charge on any atom is -0.355 e. The smallest absolute Gasteiger partial charge is 0.221 e. The van der Waals surface area contributed by atoms with Crippen LogP contribution in [0, 0.1) is 5.92 Å². The number of likely N-dealkylation sites (N-methyl/N-ethyl adjacent to an activating group) is 1. The van der Waals surface area contributed by atoms with Crippen LogP contribution in [-0.2, 0) is 14.8 Å². The average Bonchev–Trinajstić information content (AvgIpc) is 2.26. The summed E-state index contributed by atoms with van der Waals surface area (Å²) in [6.45, 7) is 6.18. The topological polar surface area (TPSA) is 69.7 Å². The van der Waals surface area contributed by atoms with Gasteiger partial charge in [-0.1, -0.05) is 13.8 Å². The first-order valence-corrected chi connectivity index (χ1v) is 8.84. The maximum atomic E-state index is 11.6. The van der Waals surface area contributed by atoms with E-state index in [0.29, 0.717) is 19.0 Å². The Labute approximate surface area is 123 Å². The summed E-state index contributed by atoms with van der Waals surface area (Å²) >= 11 is 0. The van der Waals surface area contributed by atoms with Crippen molar-refractivity contribution in [1.82, 2.24) is 14.5 Å². The van der Waals surface area contributed by atoms with Crippen LogP contribution < -0.4 is 5.32 Å². The summed E-state index contributed by atoms with van der Waals surface area (Å²) in [5, 5.41) is 2.78. The Morgan fingerprint density at radius 3 is 2.20 bits per heavy atom. The van der Waals surface area contributed by atoms with Gasteiger partial charge in [-0.15, -0.1) is 0 Å². The van der Waals surface area contributed by atoms with Gasteiger partial charge in [-0.3, -0.25) is 4.79 Å². The Morgan fingerprint density at radius 1 is 1.15 bits per heavy atom. The van der Waals surface area contributed by atoms with Crippen LogP contribution in [-0.4, -0.2) is 70.1 Å². The molecule has 0 aliphatic rings. The molecule has 0 saturated carbocycles. The summed E-state index contributed by atoms with van der Waals surface area (Å²) in [5.41, 5.74) is 0. The second kappa shape index (κ2) is 9.31. The van der Waals surface area contributed by atoms with E-state index in [2.05, 4.69) is 19.2 Å². The molecule has 0 aliphatic carbocycles. The molecule has 0 unspecified atom stereocenters. The second-order valence-corrected chi connectivity index (χ2v) is 7.73. The Bertz CT molecular complexity index is 380. The highest BCUT2D eigenvalue weighted by Crippen LogP contribution is 2.06. The Morgan fingerprint density at radius 2 is 1.75 bits per heavy atom. The maximum Gasteiger partial charge on any atom is 0.221 e. The lowest BCUT2D eigenvalue weighted by molar-refractivity contribution is -0.121. The van der Waals surface area contributed by atoms with Crippen LogP contribution in [0.2, 0.25) is 0 Å². The van der Waals surface area contributed by atoms with Crippen LogP contribution in [0.4, 0.5) is 0 Å². The van der Waals surface area contributed by atoms with Gasteiger partial charge in [0, 0.05) is 32.6 Å². The van der Waals surface area contributed by atoms with Gasteiger partial charge >= 0.3 is 0 Å². The molecule has 7 heteroatoms. The lowest BCUT2D eigenvalue weighted by atomic mass is 10.1. The van der Waals surface area contributed by atoms with Gasteiger partial charge in [0.25, 0.3) is 0 Å². The van der Waals surface area contributed by atoms with Gasteiger partial charge in [-0.2, -0.15) is 0 Å². The molecule has 0 radical (unpaired) electrons. The molecule has 6 nitrogen and oxygen atoms in total. The molecule has 0 rings (SSSR count). The van der Waals surface area contributed by atoms with E-state index in [9.17, 15) is 13.2 Å². The van der Waals surface area contributed by atoms with Gasteiger partial charge in [-0.05, 0) is 26.4 Å². The highest BCUT2D eigenvalue weighted by Gasteiger charge is 2.17. The van der Waals surface area contributed by atoms with Gasteiger partial charge < -0.3 is 10.2 Å². The van der Waals surface area contributed by atoms with Crippen molar-refractivity contribution in [2.24, 2.45) is 5.92 Å². The van der Waals surface area contributed by atoms with Crippen molar-refractivity contribution in [3.05, 3.63) is 0 Å². The van der Waals surface area contributed by atoms with Crippen molar-refractivity contribution in [2.75, 3.05) is 46.5 Å². The standard InChI is InChI=1S/C13H29N3O3S/c1-12(2)6-9-16(20(5,18)19)10-7-13(17)14-8-11-15(3)4/h12H,6-11H2,1-5H3,(H,14,17). The molecule has 20 heavy (non-hydrogen) atoms. The zero-order valence-corrected chi connectivity index (χ0v) is 14.2. The molecule has 1 N–H and O–H groups in total. The van der Waals surface area contributed by atoms with Crippen molar-refractivity contribution in [3.63, 3.8) is 0 Å². The first-order valence-electron chi connectivity index (χ1n) is 6.99. The predicted octanol–water partition coefficient (Wildman–Crippen LogP) is 0.362. The first kappa shape index (κ1) is 19.3. The summed E-state index contributed by atoms with van der Waals surface area (Å²) in [4.78, 5) is 13.6. The molecule has 0 spiro atoms. The van der Waals surface area contributed by atoms with E-state index in [0.717, 1.165) is 13.0 Å². The second-order valence-electron chi connectivity index (χ2n) is 5.75. The van der Waals surface area contributed by atoms with E-state index in [1.165, 1.54) is 10.6 Å². The summed E-state index contributed by atoms with van der Waals surface area (Å²) in [6.07, 6.45) is 2.20. The molecule has 0 bridgehead atoms. The normalized spacial score (nSPS) is 12.4. The zero-order chi connectivity index (χ0) is 15.8. The van der Waals surface area contributed by atoms with E-state index < -0.39 is 10.0 Å². The predicted molar refractivity (Wildman–Crippen MR) is 82.1 cm³/mol. The summed E-state index contributed by atoms with van der Waals surface area (Å²) in [7, 11) is 0.623. The van der Waals surface area contributed by atoms with E-state index in [-0.39, 0.29) is 18.9 Å². The zero-order valence-electron chi connectivity index (χ0n) is 13.3. The number of hydrogen-bond donors (Lipinski definition) is 1. The number of amides is 1. The highest BCUT2D eigenvalue weighted by molar-refractivity contribution is 7.88. The Hall–Kier alpha value is -0.660. The number of carbonyl (C=O) groups is 1. The lowest BCUT2D eigenvalue weighted by Gasteiger charge is -2.20. The summed E-state index contributed by atoms with van der Waals surface area (Å²) < 4.78 is 24.7. The number of nitrogens with one attached hydrogen (secondary N) is 1. The molecular weight excluding hydrogens is 278 g/mol. The van der Waals surface area contributed by atoms with Gasteiger partial charge in [0.1, 0.15) is 0 Å². The van der Waals surface area contributed by atoms with E-state index >= 15 is 0 Å². The minimum atomic E-state index is -3.25. The molecular formula is C13H29N3O3S. The third-order valence-electron chi connectivity index (χ3n) is 2.89. The van der Waals surface area contributed by atoms with E-state index in [1.807, 2.05) is 19.0 Å². The van der Waals surface area contributed by atoms with E-state index in [4.69, 9.17) is 0 Å². The molecule has 0 aliphatic heterocycles. The number of rotatable bonds is 10. The van der Waals surface area contributed by atoms with Crippen molar-refractivity contribution in [1.29, 1.82) is 0 Å². The molecule has 1 amide bonds. The van der Waals surface area contributed by atoms with E-state index in [1.54, 1.807) is 0 Å². The third-order valence-corrected chi connectivity index (χ3v) is 4.20. The number of sulfonamides is 1. The van der Waals surface area contributed by atoms with Crippen molar-refractivity contribution in [2.45, 2.75) is 26.7 Å². The van der Waals surface area contributed by atoms with Crippen LogP contribution in [0.1, 0.15) is 26.7 Å². The Balaban J connectivity index is 4.16. The highest BCUT2D eigenvalue weighted by atomic mass is 32.2. The molecule has 120 valence electrons. The SMILES string of the molecule is CC(C)CCN(CCC(=O)NCCN(C)C)S(C)(=O)=O. The fourth-order valence-corrected chi connectivity index (χ4v) is 2.44. The van der Waals surface area contributed by atoms with Crippen LogP contribution in [0.15, 0.2) is 0 Å². The summed E-state index contributed by atoms with van der Waals surface area (Å²) in [6, 6.07) is 0. The van der Waals surface area contributed by atoms with Crippen molar-refractivity contribution in [3.8, 4) is 0 Å². The third kappa shape index (κ3) is 10.2. The first-order chi connectivity index (χ1) is 9.12. The van der Waals surface area contributed by atoms with Crippen LogP contribution in [0.25, 0.3) is 0 Å². The van der Waals surface area contributed by atoms with Crippen LogP contribution in [0.3, 0.4) is 0 Å². The quantitative estimate of drug-likeness (QED) is 0.633. The monoisotopic (exact) mass is 307 g/mol. The lowest BCUT2D eigenvalue weighted by Crippen LogP contribution is -2.37. The van der Waals surface area contributed by atoms with Gasteiger partial charge in [0.15, 0.2) is 0 Å². The molecule has 0 saturated heterocycles. The molecule has 0 aromatic heterocycles. The minimum absolute atomic E-state index is 0.106. The molecule has 0 atom stereocenters. The molecule has 0 heterocycles. The number of carbonyl (C=O) groups excluding carboxylic acids is 1. The fraction of sp³-hybridized carbons (Fsp3) is 0.923. The number of nitrogens with zero attached hydrogens (tertiary/aromatic N) is 2. The van der Waals surface area contributed by atoms with Crippen LogP contribution >= 0.6 is 0 Å². The van der Waals surface area contributed by atoms with Crippen LogP contribution in [0.5, 0.6) is 0 Å². The maximum absolute atomic E-state index is 11.6. The van der Waals surface area contributed by atoms with Gasteiger partial charge in [0.05, 0.1) is 6.26 Å². The van der Waals surface area contributed by atoms with Crippen molar-refractivity contribution < 1.29 is 13.2 Å². The summed E-state index contributed by atoms with van der Waals surface area (Å²) in [5.74, 6) is 0.332. The molecule has 0 fully saturated rings. The van der Waals surface area contributed by atoms with Gasteiger partial charge in [0.2, 0.25) is 15.9 Å².